The van der Waals surface area contributed by atoms with Crippen LogP contribution in [0.5, 0.6) is 0 Å². The maximum Gasteiger partial charge on any atom is 0.231 e. The summed E-state index contributed by atoms with van der Waals surface area (Å²) in [5.41, 5.74) is 1.53. The number of hydrogen-bond acceptors (Lipinski definition) is 5. The zero-order valence-electron chi connectivity index (χ0n) is 14.9. The zero-order valence-corrected chi connectivity index (χ0v) is 15.7. The summed E-state index contributed by atoms with van der Waals surface area (Å²) in [6, 6.07) is 7.87. The molecule has 0 unspecified atom stereocenters. The van der Waals surface area contributed by atoms with Crippen LogP contribution in [0.2, 0.25) is 0 Å². The van der Waals surface area contributed by atoms with Crippen LogP contribution in [0.1, 0.15) is 43.7 Å². The van der Waals surface area contributed by atoms with Gasteiger partial charge in [0.1, 0.15) is 5.01 Å². The van der Waals surface area contributed by atoms with Crippen LogP contribution in [0.3, 0.4) is 0 Å². The summed E-state index contributed by atoms with van der Waals surface area (Å²) in [5.74, 6) is -0.00101. The second-order valence-electron chi connectivity index (χ2n) is 7.34. The van der Waals surface area contributed by atoms with Crippen molar-refractivity contribution in [1.82, 2.24) is 10.2 Å². The van der Waals surface area contributed by atoms with E-state index in [1.54, 1.807) is 0 Å². The third-order valence-electron chi connectivity index (χ3n) is 4.22. The highest BCUT2D eigenvalue weighted by atomic mass is 32.1. The van der Waals surface area contributed by atoms with E-state index in [4.69, 9.17) is 0 Å². The predicted molar refractivity (Wildman–Crippen MR) is 98.9 cm³/mol. The number of aromatic nitrogens is 2. The number of nitrogens with zero attached hydrogens (tertiary/aromatic N) is 3. The monoisotopic (exact) mass is 358 g/mol. The first-order valence-electron chi connectivity index (χ1n) is 8.26. The molecule has 1 aromatic carbocycles. The van der Waals surface area contributed by atoms with Gasteiger partial charge in [-0.25, -0.2) is 0 Å². The summed E-state index contributed by atoms with van der Waals surface area (Å²) in [4.78, 5) is 26.3. The highest BCUT2D eigenvalue weighted by Gasteiger charge is 2.34. The van der Waals surface area contributed by atoms with E-state index >= 15 is 0 Å². The fourth-order valence-electron chi connectivity index (χ4n) is 2.71. The summed E-state index contributed by atoms with van der Waals surface area (Å²) in [7, 11) is 0. The smallest absolute Gasteiger partial charge is 0.231 e. The Morgan fingerprint density at radius 1 is 1.28 bits per heavy atom. The van der Waals surface area contributed by atoms with Gasteiger partial charge < -0.3 is 10.2 Å². The number of anilines is 2. The average molecular weight is 358 g/mol. The molecule has 1 aliphatic heterocycles. The first kappa shape index (κ1) is 17.5. The van der Waals surface area contributed by atoms with E-state index in [1.807, 2.05) is 56.9 Å². The SMILES string of the molecule is Cc1ccccc1N1C[C@@H](c2nnc(NC(=O)C(C)(C)C)s2)CC1=O. The molecule has 1 aliphatic rings. The zero-order chi connectivity index (χ0) is 18.2. The Morgan fingerprint density at radius 3 is 2.68 bits per heavy atom. The van der Waals surface area contributed by atoms with Crippen LogP contribution >= 0.6 is 11.3 Å². The van der Waals surface area contributed by atoms with Crippen molar-refractivity contribution in [3.05, 3.63) is 34.8 Å². The van der Waals surface area contributed by atoms with Crippen molar-refractivity contribution in [2.24, 2.45) is 5.41 Å². The predicted octanol–water partition coefficient (Wildman–Crippen LogP) is 3.35. The maximum absolute atomic E-state index is 12.4. The molecule has 132 valence electrons. The normalized spacial score (nSPS) is 17.8. The largest absolute Gasteiger partial charge is 0.311 e. The standard InChI is InChI=1S/C18H22N4O2S/c1-11-7-5-6-8-13(11)22-10-12(9-14(22)23)15-20-21-17(25-15)19-16(24)18(2,3)4/h5-8,12H,9-10H2,1-4H3,(H,19,21,24)/t12-/m0/s1. The summed E-state index contributed by atoms with van der Waals surface area (Å²) in [5, 5.41) is 12.3. The molecule has 2 amide bonds. The summed E-state index contributed by atoms with van der Waals surface area (Å²) in [6.45, 7) is 8.13. The number of rotatable bonds is 3. The number of aryl methyl sites for hydroxylation is 1. The van der Waals surface area contributed by atoms with Crippen molar-refractivity contribution in [2.45, 2.75) is 40.0 Å². The van der Waals surface area contributed by atoms with Gasteiger partial charge in [0.05, 0.1) is 0 Å². The molecule has 2 heterocycles. The number of nitrogens with one attached hydrogen (secondary N) is 1. The van der Waals surface area contributed by atoms with Crippen molar-refractivity contribution >= 4 is 34.0 Å². The van der Waals surface area contributed by atoms with Crippen LogP contribution in [-0.4, -0.2) is 28.6 Å². The molecule has 1 N–H and O–H groups in total. The summed E-state index contributed by atoms with van der Waals surface area (Å²) in [6.07, 6.45) is 0.413. The number of amides is 2. The molecule has 6 nitrogen and oxygen atoms in total. The molecule has 0 radical (unpaired) electrons. The third kappa shape index (κ3) is 3.71. The molecule has 1 fully saturated rings. The van der Waals surface area contributed by atoms with Gasteiger partial charge in [0.2, 0.25) is 16.9 Å². The highest BCUT2D eigenvalue weighted by molar-refractivity contribution is 7.15. The fourth-order valence-corrected chi connectivity index (χ4v) is 3.54. The minimum atomic E-state index is -0.489. The van der Waals surface area contributed by atoms with E-state index in [0.717, 1.165) is 16.3 Å². The van der Waals surface area contributed by atoms with Crippen LogP contribution in [0.25, 0.3) is 0 Å². The van der Waals surface area contributed by atoms with Crippen molar-refractivity contribution < 1.29 is 9.59 Å². The molecule has 2 aromatic rings. The molecule has 0 aliphatic carbocycles. The van der Waals surface area contributed by atoms with Crippen LogP contribution in [0, 0.1) is 12.3 Å². The second kappa shape index (κ2) is 6.55. The van der Waals surface area contributed by atoms with E-state index in [-0.39, 0.29) is 17.7 Å². The van der Waals surface area contributed by atoms with Gasteiger partial charge in [-0.2, -0.15) is 0 Å². The number of carbonyl (C=O) groups excluding carboxylic acids is 2. The van der Waals surface area contributed by atoms with E-state index in [2.05, 4.69) is 15.5 Å². The summed E-state index contributed by atoms with van der Waals surface area (Å²) < 4.78 is 0. The first-order chi connectivity index (χ1) is 11.8. The highest BCUT2D eigenvalue weighted by Crippen LogP contribution is 2.35. The first-order valence-corrected chi connectivity index (χ1v) is 9.08. The van der Waals surface area contributed by atoms with Gasteiger partial charge in [0.15, 0.2) is 0 Å². The molecule has 1 atom stereocenters. The lowest BCUT2D eigenvalue weighted by molar-refractivity contribution is -0.123. The van der Waals surface area contributed by atoms with Crippen molar-refractivity contribution in [2.75, 3.05) is 16.8 Å². The Bertz CT molecular complexity index is 809. The molecule has 1 aromatic heterocycles. The molecule has 1 saturated heterocycles. The topological polar surface area (TPSA) is 75.2 Å². The molecule has 0 spiro atoms. The van der Waals surface area contributed by atoms with Crippen LogP contribution < -0.4 is 10.2 Å². The van der Waals surface area contributed by atoms with Crippen LogP contribution in [-0.2, 0) is 9.59 Å². The third-order valence-corrected chi connectivity index (χ3v) is 5.22. The Hall–Kier alpha value is -2.28. The quantitative estimate of drug-likeness (QED) is 0.913. The van der Waals surface area contributed by atoms with Gasteiger partial charge in [-0.1, -0.05) is 50.3 Å². The lowest BCUT2D eigenvalue weighted by Crippen LogP contribution is -2.27. The molecule has 0 saturated carbocycles. The Labute approximate surface area is 151 Å². The van der Waals surface area contributed by atoms with Crippen LogP contribution in [0.4, 0.5) is 10.8 Å². The molecule has 3 rings (SSSR count). The van der Waals surface area contributed by atoms with Gasteiger partial charge in [0, 0.05) is 30.0 Å². The van der Waals surface area contributed by atoms with E-state index in [9.17, 15) is 9.59 Å². The Balaban J connectivity index is 1.73. The van der Waals surface area contributed by atoms with Gasteiger partial charge in [-0.05, 0) is 18.6 Å². The van der Waals surface area contributed by atoms with Gasteiger partial charge in [0.25, 0.3) is 0 Å². The van der Waals surface area contributed by atoms with Crippen molar-refractivity contribution in [3.8, 4) is 0 Å². The molecular formula is C18H22N4O2S. The second-order valence-corrected chi connectivity index (χ2v) is 8.35. The minimum absolute atomic E-state index is 0.00453. The van der Waals surface area contributed by atoms with Crippen LogP contribution in [0.15, 0.2) is 24.3 Å². The lowest BCUT2D eigenvalue weighted by atomic mass is 9.96. The van der Waals surface area contributed by atoms with Gasteiger partial charge >= 0.3 is 0 Å². The molecule has 7 heteroatoms. The molecule has 0 bridgehead atoms. The van der Waals surface area contributed by atoms with Crippen molar-refractivity contribution in [1.29, 1.82) is 0 Å². The fraction of sp³-hybridized carbons (Fsp3) is 0.444. The number of hydrogen-bond donors (Lipinski definition) is 1. The lowest BCUT2D eigenvalue weighted by Gasteiger charge is -2.18. The Kier molecular flexibility index (Phi) is 4.60. The number of carbonyl (C=O) groups is 2. The van der Waals surface area contributed by atoms with E-state index in [0.29, 0.717) is 18.1 Å². The van der Waals surface area contributed by atoms with E-state index < -0.39 is 5.41 Å². The average Bonchev–Trinajstić information content (AvgIpc) is 3.14. The van der Waals surface area contributed by atoms with Gasteiger partial charge in [-0.15, -0.1) is 10.2 Å². The molecular weight excluding hydrogens is 336 g/mol. The number of benzene rings is 1. The van der Waals surface area contributed by atoms with Crippen molar-refractivity contribution in [3.63, 3.8) is 0 Å². The molecule has 25 heavy (non-hydrogen) atoms. The maximum atomic E-state index is 12.4. The number of para-hydroxylation sites is 1. The Morgan fingerprint density at radius 2 is 2.00 bits per heavy atom. The van der Waals surface area contributed by atoms with Gasteiger partial charge in [-0.3, -0.25) is 9.59 Å². The van der Waals surface area contributed by atoms with E-state index in [1.165, 1.54) is 11.3 Å². The minimum Gasteiger partial charge on any atom is -0.311 e. The summed E-state index contributed by atoms with van der Waals surface area (Å²) >= 11 is 1.34.